The van der Waals surface area contributed by atoms with Gasteiger partial charge >= 0.3 is 0 Å². The number of halogens is 2. The largest absolute Gasteiger partial charge is 0.462 e. The maximum Gasteiger partial charge on any atom is 0.271 e. The number of furan rings is 1. The smallest absolute Gasteiger partial charge is 0.271 e. The predicted octanol–water partition coefficient (Wildman–Crippen LogP) is 3.28. The first-order valence-corrected chi connectivity index (χ1v) is 8.06. The molecule has 1 aliphatic heterocycles. The fraction of sp³-hybridized carbons (Fsp3) is 0.467. The lowest BCUT2D eigenvalue weighted by molar-refractivity contribution is 0.0940. The Kier molecular flexibility index (Phi) is 8.05. The number of carbonyl (C=O) groups is 1. The molecule has 23 heavy (non-hydrogen) atoms. The zero-order chi connectivity index (χ0) is 14.7. The summed E-state index contributed by atoms with van der Waals surface area (Å²) in [6.07, 6.45) is 3.96. The number of rotatable bonds is 4. The van der Waals surface area contributed by atoms with Crippen LogP contribution < -0.4 is 10.6 Å². The number of carbonyl (C=O) groups excluding carboxylic acids is 1. The molecule has 1 unspecified atom stereocenters. The van der Waals surface area contributed by atoms with Gasteiger partial charge in [0.15, 0.2) is 10.8 Å². The summed E-state index contributed by atoms with van der Waals surface area (Å²) in [5.74, 6) is 1.14. The molecular weight excluding hydrogens is 357 g/mol. The first kappa shape index (κ1) is 20.0. The van der Waals surface area contributed by atoms with Crippen LogP contribution in [0.5, 0.6) is 0 Å². The number of aromatic nitrogens is 1. The van der Waals surface area contributed by atoms with Crippen LogP contribution in [-0.4, -0.2) is 30.5 Å². The lowest BCUT2D eigenvalue weighted by Gasteiger charge is -2.22. The van der Waals surface area contributed by atoms with Gasteiger partial charge in [-0.1, -0.05) is 0 Å². The van der Waals surface area contributed by atoms with E-state index in [2.05, 4.69) is 15.6 Å². The summed E-state index contributed by atoms with van der Waals surface area (Å²) < 4.78 is 5.33. The summed E-state index contributed by atoms with van der Waals surface area (Å²) >= 11 is 1.48. The SMILES string of the molecule is Cc1sc(-c2ccco2)nc1C(=O)NCC1CCCNC1.Cl.Cl. The first-order valence-electron chi connectivity index (χ1n) is 7.24. The molecule has 8 heteroatoms. The molecule has 0 spiro atoms. The summed E-state index contributed by atoms with van der Waals surface area (Å²) in [6, 6.07) is 3.68. The lowest BCUT2D eigenvalue weighted by atomic mass is 10.00. The van der Waals surface area contributed by atoms with Gasteiger partial charge in [-0.3, -0.25) is 4.79 Å². The van der Waals surface area contributed by atoms with Gasteiger partial charge in [0.25, 0.3) is 5.91 Å². The Morgan fingerprint density at radius 2 is 2.35 bits per heavy atom. The Morgan fingerprint density at radius 3 is 3.00 bits per heavy atom. The van der Waals surface area contributed by atoms with Crippen molar-refractivity contribution in [3.05, 3.63) is 29.0 Å². The third kappa shape index (κ3) is 4.94. The summed E-state index contributed by atoms with van der Waals surface area (Å²) in [5.41, 5.74) is 0.509. The number of nitrogens with zero attached hydrogens (tertiary/aromatic N) is 1. The van der Waals surface area contributed by atoms with Crippen molar-refractivity contribution in [2.75, 3.05) is 19.6 Å². The van der Waals surface area contributed by atoms with Crippen molar-refractivity contribution >= 4 is 42.1 Å². The summed E-state index contributed by atoms with van der Waals surface area (Å²) in [5, 5.41) is 7.11. The Balaban J connectivity index is 0.00000132. The van der Waals surface area contributed by atoms with Crippen LogP contribution in [0.1, 0.15) is 28.2 Å². The van der Waals surface area contributed by atoms with Crippen LogP contribution >= 0.6 is 36.2 Å². The van der Waals surface area contributed by atoms with E-state index in [0.717, 1.165) is 23.0 Å². The van der Waals surface area contributed by atoms with E-state index in [1.807, 2.05) is 19.1 Å². The fourth-order valence-corrected chi connectivity index (χ4v) is 3.41. The van der Waals surface area contributed by atoms with Gasteiger partial charge < -0.3 is 15.1 Å². The minimum atomic E-state index is -0.0906. The highest BCUT2D eigenvalue weighted by Crippen LogP contribution is 2.27. The average Bonchev–Trinajstić information content (AvgIpc) is 3.15. The van der Waals surface area contributed by atoms with Crippen LogP contribution in [0.15, 0.2) is 22.8 Å². The lowest BCUT2D eigenvalue weighted by Crippen LogP contribution is -2.38. The molecule has 2 N–H and O–H groups in total. The standard InChI is InChI=1S/C15H19N3O2S.2ClH/c1-10-13(18-15(21-10)12-5-3-7-20-12)14(19)17-9-11-4-2-6-16-8-11;;/h3,5,7,11,16H,2,4,6,8-9H2,1H3,(H,17,19);2*1H. The van der Waals surface area contributed by atoms with Crippen LogP contribution in [0.2, 0.25) is 0 Å². The molecule has 0 bridgehead atoms. The number of hydrogen-bond donors (Lipinski definition) is 2. The average molecular weight is 378 g/mol. The van der Waals surface area contributed by atoms with Crippen molar-refractivity contribution in [2.24, 2.45) is 5.92 Å². The van der Waals surface area contributed by atoms with Gasteiger partial charge in [-0.25, -0.2) is 4.98 Å². The van der Waals surface area contributed by atoms with Gasteiger partial charge in [-0.15, -0.1) is 36.2 Å². The Labute approximate surface area is 152 Å². The van der Waals surface area contributed by atoms with Crippen LogP contribution in [-0.2, 0) is 0 Å². The minimum absolute atomic E-state index is 0. The molecule has 0 aliphatic carbocycles. The molecule has 3 heterocycles. The molecule has 1 atom stereocenters. The Bertz CT molecular complexity index is 610. The highest BCUT2D eigenvalue weighted by atomic mass is 35.5. The molecule has 128 valence electrons. The quantitative estimate of drug-likeness (QED) is 0.857. The van der Waals surface area contributed by atoms with Crippen molar-refractivity contribution in [1.29, 1.82) is 0 Å². The predicted molar refractivity (Wildman–Crippen MR) is 97.0 cm³/mol. The number of thiazole rings is 1. The zero-order valence-electron chi connectivity index (χ0n) is 12.8. The van der Waals surface area contributed by atoms with E-state index in [-0.39, 0.29) is 30.7 Å². The van der Waals surface area contributed by atoms with Gasteiger partial charge in [-0.2, -0.15) is 0 Å². The number of aryl methyl sites for hydroxylation is 1. The van der Waals surface area contributed by atoms with Crippen LogP contribution in [0.25, 0.3) is 10.8 Å². The second-order valence-electron chi connectivity index (χ2n) is 5.32. The molecule has 1 saturated heterocycles. The molecule has 1 fully saturated rings. The van der Waals surface area contributed by atoms with Gasteiger partial charge in [0.05, 0.1) is 6.26 Å². The van der Waals surface area contributed by atoms with Gasteiger partial charge in [0, 0.05) is 11.4 Å². The summed E-state index contributed by atoms with van der Waals surface area (Å²) in [7, 11) is 0. The highest BCUT2D eigenvalue weighted by Gasteiger charge is 2.19. The van der Waals surface area contributed by atoms with E-state index in [1.165, 1.54) is 24.2 Å². The molecule has 2 aromatic heterocycles. The van der Waals surface area contributed by atoms with Gasteiger partial charge in [0.2, 0.25) is 0 Å². The maximum absolute atomic E-state index is 12.3. The number of piperidine rings is 1. The molecule has 2 aromatic rings. The van der Waals surface area contributed by atoms with Crippen molar-refractivity contribution < 1.29 is 9.21 Å². The first-order chi connectivity index (χ1) is 10.2. The molecule has 0 saturated carbocycles. The van der Waals surface area contributed by atoms with E-state index < -0.39 is 0 Å². The Morgan fingerprint density at radius 1 is 1.52 bits per heavy atom. The normalized spacial score (nSPS) is 17.0. The van der Waals surface area contributed by atoms with Crippen molar-refractivity contribution in [1.82, 2.24) is 15.6 Å². The topological polar surface area (TPSA) is 67.2 Å². The van der Waals surface area contributed by atoms with E-state index in [0.29, 0.717) is 23.9 Å². The highest BCUT2D eigenvalue weighted by molar-refractivity contribution is 7.15. The van der Waals surface area contributed by atoms with Crippen molar-refractivity contribution in [2.45, 2.75) is 19.8 Å². The molecule has 0 aromatic carbocycles. The van der Waals surface area contributed by atoms with E-state index >= 15 is 0 Å². The molecule has 1 aliphatic rings. The van der Waals surface area contributed by atoms with Crippen LogP contribution in [0.4, 0.5) is 0 Å². The van der Waals surface area contributed by atoms with E-state index in [4.69, 9.17) is 4.42 Å². The fourth-order valence-electron chi connectivity index (χ4n) is 2.53. The number of nitrogens with one attached hydrogen (secondary N) is 2. The molecular formula is C15H21Cl2N3O2S. The van der Waals surface area contributed by atoms with Crippen molar-refractivity contribution in [3.8, 4) is 10.8 Å². The second-order valence-corrected chi connectivity index (χ2v) is 6.53. The zero-order valence-corrected chi connectivity index (χ0v) is 15.3. The molecule has 5 nitrogen and oxygen atoms in total. The van der Waals surface area contributed by atoms with Crippen molar-refractivity contribution in [3.63, 3.8) is 0 Å². The Hall–Kier alpha value is -1.08. The third-order valence-corrected chi connectivity index (χ3v) is 4.68. The van der Waals surface area contributed by atoms with Crippen LogP contribution in [0, 0.1) is 12.8 Å². The second kappa shape index (κ2) is 9.27. The molecule has 0 radical (unpaired) electrons. The summed E-state index contributed by atoms with van der Waals surface area (Å²) in [4.78, 5) is 17.6. The third-order valence-electron chi connectivity index (χ3n) is 3.69. The summed E-state index contributed by atoms with van der Waals surface area (Å²) in [6.45, 7) is 4.69. The van der Waals surface area contributed by atoms with E-state index in [9.17, 15) is 4.79 Å². The molecule has 1 amide bonds. The number of amides is 1. The monoisotopic (exact) mass is 377 g/mol. The minimum Gasteiger partial charge on any atom is -0.462 e. The maximum atomic E-state index is 12.3. The van der Waals surface area contributed by atoms with Gasteiger partial charge in [-0.05, 0) is 50.9 Å². The van der Waals surface area contributed by atoms with Gasteiger partial charge in [0.1, 0.15) is 5.69 Å². The van der Waals surface area contributed by atoms with Crippen LogP contribution in [0.3, 0.4) is 0 Å². The molecule has 3 rings (SSSR count). The van der Waals surface area contributed by atoms with E-state index in [1.54, 1.807) is 6.26 Å². The number of hydrogen-bond acceptors (Lipinski definition) is 5.